The predicted octanol–water partition coefficient (Wildman–Crippen LogP) is 2.56. The lowest BCUT2D eigenvalue weighted by molar-refractivity contribution is 0.583. The molecule has 1 aromatic heterocycles. The van der Waals surface area contributed by atoms with E-state index in [0.717, 1.165) is 18.3 Å². The number of nitrogens with zero attached hydrogens (tertiary/aromatic N) is 2. The van der Waals surface area contributed by atoms with Crippen LogP contribution in [-0.4, -0.2) is 18.6 Å². The molecule has 0 aliphatic carbocycles. The molecule has 1 aromatic rings. The van der Waals surface area contributed by atoms with Crippen molar-refractivity contribution in [2.45, 2.75) is 20.3 Å². The van der Waals surface area contributed by atoms with Crippen LogP contribution in [0.1, 0.15) is 20.3 Å². The van der Waals surface area contributed by atoms with Crippen molar-refractivity contribution >= 4 is 5.82 Å². The maximum absolute atomic E-state index is 4.28. The van der Waals surface area contributed by atoms with Gasteiger partial charge in [0.25, 0.3) is 0 Å². The molecule has 72 valence electrons. The minimum atomic E-state index is 0.756. The van der Waals surface area contributed by atoms with Gasteiger partial charge in [-0.2, -0.15) is 0 Å². The van der Waals surface area contributed by atoms with E-state index in [1.165, 1.54) is 6.42 Å². The average molecular weight is 178 g/mol. The highest BCUT2D eigenvalue weighted by Crippen LogP contribution is 2.09. The second-order valence-corrected chi connectivity index (χ2v) is 3.79. The predicted molar refractivity (Wildman–Crippen MR) is 57.0 cm³/mol. The van der Waals surface area contributed by atoms with Crippen LogP contribution in [0.15, 0.2) is 24.4 Å². The van der Waals surface area contributed by atoms with Crippen LogP contribution in [0.25, 0.3) is 0 Å². The molecule has 0 saturated heterocycles. The van der Waals surface area contributed by atoms with E-state index in [9.17, 15) is 0 Å². The van der Waals surface area contributed by atoms with E-state index in [0.29, 0.717) is 0 Å². The Morgan fingerprint density at radius 3 is 2.69 bits per heavy atom. The Kier molecular flexibility index (Phi) is 3.74. The van der Waals surface area contributed by atoms with Crippen LogP contribution in [0.5, 0.6) is 0 Å². The lowest BCUT2D eigenvalue weighted by Crippen LogP contribution is -2.20. The number of aromatic nitrogens is 1. The summed E-state index contributed by atoms with van der Waals surface area (Å²) in [7, 11) is 2.09. The molecule has 0 aliphatic heterocycles. The molecule has 0 aliphatic rings. The first kappa shape index (κ1) is 10.0. The van der Waals surface area contributed by atoms with E-state index < -0.39 is 0 Å². The monoisotopic (exact) mass is 178 g/mol. The van der Waals surface area contributed by atoms with Gasteiger partial charge in [0, 0.05) is 19.8 Å². The largest absolute Gasteiger partial charge is 0.360 e. The van der Waals surface area contributed by atoms with Gasteiger partial charge in [0.15, 0.2) is 0 Å². The van der Waals surface area contributed by atoms with Gasteiger partial charge in [-0.1, -0.05) is 19.9 Å². The molecule has 1 rings (SSSR count). The summed E-state index contributed by atoms with van der Waals surface area (Å²) in [6, 6.07) is 6.01. The third-order valence-electron chi connectivity index (χ3n) is 2.08. The summed E-state index contributed by atoms with van der Waals surface area (Å²) in [5, 5.41) is 0. The maximum Gasteiger partial charge on any atom is 0.128 e. The van der Waals surface area contributed by atoms with Gasteiger partial charge in [0.1, 0.15) is 5.82 Å². The van der Waals surface area contributed by atoms with E-state index in [1.807, 2.05) is 24.4 Å². The molecule has 2 nitrogen and oxygen atoms in total. The zero-order valence-electron chi connectivity index (χ0n) is 8.70. The Morgan fingerprint density at radius 2 is 2.15 bits per heavy atom. The second-order valence-electron chi connectivity index (χ2n) is 3.79. The molecule has 0 N–H and O–H groups in total. The van der Waals surface area contributed by atoms with Gasteiger partial charge < -0.3 is 4.90 Å². The van der Waals surface area contributed by atoms with E-state index in [4.69, 9.17) is 0 Å². The molecule has 0 bridgehead atoms. The zero-order chi connectivity index (χ0) is 9.68. The van der Waals surface area contributed by atoms with E-state index >= 15 is 0 Å². The van der Waals surface area contributed by atoms with E-state index in [1.54, 1.807) is 0 Å². The first-order valence-electron chi connectivity index (χ1n) is 4.82. The van der Waals surface area contributed by atoms with E-state index in [-0.39, 0.29) is 0 Å². The fourth-order valence-corrected chi connectivity index (χ4v) is 1.15. The highest BCUT2D eigenvalue weighted by atomic mass is 15.2. The Balaban J connectivity index is 2.44. The summed E-state index contributed by atoms with van der Waals surface area (Å²) < 4.78 is 0. The van der Waals surface area contributed by atoms with Crippen molar-refractivity contribution in [2.24, 2.45) is 5.92 Å². The summed E-state index contributed by atoms with van der Waals surface area (Å²) in [6.07, 6.45) is 3.05. The fourth-order valence-electron chi connectivity index (χ4n) is 1.15. The summed E-state index contributed by atoms with van der Waals surface area (Å²) in [6.45, 7) is 5.56. The first-order chi connectivity index (χ1) is 6.20. The maximum atomic E-state index is 4.28. The molecule has 0 unspecified atom stereocenters. The minimum Gasteiger partial charge on any atom is -0.360 e. The van der Waals surface area contributed by atoms with Gasteiger partial charge in [-0.25, -0.2) is 4.98 Å². The van der Waals surface area contributed by atoms with Crippen molar-refractivity contribution in [3.63, 3.8) is 0 Å². The molecule has 0 fully saturated rings. The number of rotatable bonds is 4. The Hall–Kier alpha value is -1.05. The third-order valence-corrected chi connectivity index (χ3v) is 2.08. The van der Waals surface area contributed by atoms with Gasteiger partial charge in [-0.3, -0.25) is 0 Å². The highest BCUT2D eigenvalue weighted by molar-refractivity contribution is 5.36. The van der Waals surface area contributed by atoms with Gasteiger partial charge in [0.05, 0.1) is 0 Å². The van der Waals surface area contributed by atoms with Gasteiger partial charge in [-0.05, 0) is 24.5 Å². The molecule has 0 saturated carbocycles. The molecule has 0 atom stereocenters. The van der Waals surface area contributed by atoms with Crippen molar-refractivity contribution in [3.05, 3.63) is 24.4 Å². The quantitative estimate of drug-likeness (QED) is 0.704. The van der Waals surface area contributed by atoms with Gasteiger partial charge in [0.2, 0.25) is 0 Å². The molecule has 0 aromatic carbocycles. The fraction of sp³-hybridized carbons (Fsp3) is 0.545. The number of pyridine rings is 1. The van der Waals surface area contributed by atoms with Crippen LogP contribution in [0, 0.1) is 5.92 Å². The number of hydrogen-bond donors (Lipinski definition) is 0. The summed E-state index contributed by atoms with van der Waals surface area (Å²) in [5.74, 6) is 1.81. The van der Waals surface area contributed by atoms with Gasteiger partial charge in [-0.15, -0.1) is 0 Å². The standard InChI is InChI=1S/C11H18N2/c1-10(2)7-9-13(3)11-6-4-5-8-12-11/h4-6,8,10H,7,9H2,1-3H3. The minimum absolute atomic E-state index is 0.756. The zero-order valence-corrected chi connectivity index (χ0v) is 8.70. The summed E-state index contributed by atoms with van der Waals surface area (Å²) >= 11 is 0. The average Bonchev–Trinajstić information content (AvgIpc) is 2.15. The SMILES string of the molecule is CC(C)CCN(C)c1ccccn1. The van der Waals surface area contributed by atoms with Crippen molar-refractivity contribution in [1.29, 1.82) is 0 Å². The molecular formula is C11H18N2. The van der Waals surface area contributed by atoms with Crippen molar-refractivity contribution < 1.29 is 0 Å². The van der Waals surface area contributed by atoms with Crippen LogP contribution in [0.2, 0.25) is 0 Å². The van der Waals surface area contributed by atoms with Crippen molar-refractivity contribution in [3.8, 4) is 0 Å². The second kappa shape index (κ2) is 4.85. The number of anilines is 1. The summed E-state index contributed by atoms with van der Waals surface area (Å²) in [4.78, 5) is 6.48. The lowest BCUT2D eigenvalue weighted by atomic mass is 10.1. The first-order valence-corrected chi connectivity index (χ1v) is 4.82. The van der Waals surface area contributed by atoms with Crippen LogP contribution in [-0.2, 0) is 0 Å². The highest BCUT2D eigenvalue weighted by Gasteiger charge is 2.01. The molecule has 2 heteroatoms. The molecular weight excluding hydrogens is 160 g/mol. The Bertz CT molecular complexity index is 231. The van der Waals surface area contributed by atoms with E-state index in [2.05, 4.69) is 30.8 Å². The normalized spacial score (nSPS) is 10.5. The summed E-state index contributed by atoms with van der Waals surface area (Å²) in [5.41, 5.74) is 0. The van der Waals surface area contributed by atoms with Crippen LogP contribution < -0.4 is 4.90 Å². The number of hydrogen-bond acceptors (Lipinski definition) is 2. The van der Waals surface area contributed by atoms with Crippen LogP contribution >= 0.6 is 0 Å². The third kappa shape index (κ3) is 3.45. The molecule has 0 radical (unpaired) electrons. The van der Waals surface area contributed by atoms with Crippen molar-refractivity contribution in [1.82, 2.24) is 4.98 Å². The van der Waals surface area contributed by atoms with Gasteiger partial charge >= 0.3 is 0 Å². The Labute approximate surface area is 80.6 Å². The smallest absolute Gasteiger partial charge is 0.128 e. The van der Waals surface area contributed by atoms with Crippen molar-refractivity contribution in [2.75, 3.05) is 18.5 Å². The molecule has 0 spiro atoms. The molecule has 0 amide bonds. The molecule has 13 heavy (non-hydrogen) atoms. The molecule has 1 heterocycles. The lowest BCUT2D eigenvalue weighted by Gasteiger charge is -2.18. The van der Waals surface area contributed by atoms with Crippen LogP contribution in [0.4, 0.5) is 5.82 Å². The topological polar surface area (TPSA) is 16.1 Å². The Morgan fingerprint density at radius 1 is 1.38 bits per heavy atom. The van der Waals surface area contributed by atoms with Crippen LogP contribution in [0.3, 0.4) is 0 Å².